The molecule has 0 saturated carbocycles. The highest BCUT2D eigenvalue weighted by Crippen LogP contribution is 2.21. The number of para-hydroxylation sites is 2. The molecule has 1 aliphatic rings. The average molecular weight is 413 g/mol. The molecule has 164 valence electrons. The summed E-state index contributed by atoms with van der Waals surface area (Å²) >= 11 is 0. The largest absolute Gasteiger partial charge is 0.356 e. The van der Waals surface area contributed by atoms with Gasteiger partial charge >= 0.3 is 0 Å². The Kier molecular flexibility index (Phi) is 8.29. The first kappa shape index (κ1) is 22.3. The second-order valence-corrected chi connectivity index (χ2v) is 8.45. The molecule has 0 spiro atoms. The summed E-state index contributed by atoms with van der Waals surface area (Å²) in [5, 5.41) is 2.97. The van der Waals surface area contributed by atoms with E-state index in [1.54, 1.807) is 0 Å². The van der Waals surface area contributed by atoms with Crippen molar-refractivity contribution in [1.29, 1.82) is 0 Å². The summed E-state index contributed by atoms with van der Waals surface area (Å²) in [6, 6.07) is 8.41. The number of fused-ring (bicyclic) bond motifs is 1. The number of aryl methyl sites for hydroxylation is 1. The lowest BCUT2D eigenvalue weighted by Gasteiger charge is -2.33. The molecule has 0 radical (unpaired) electrons. The number of hydrogen-bond acceptors (Lipinski definition) is 3. The topological polar surface area (TPSA) is 67.2 Å². The molecule has 0 aliphatic carbocycles. The lowest BCUT2D eigenvalue weighted by Crippen LogP contribution is -2.43. The van der Waals surface area contributed by atoms with Gasteiger partial charge in [0.1, 0.15) is 12.4 Å². The second kappa shape index (κ2) is 11.1. The molecule has 1 saturated heterocycles. The Morgan fingerprint density at radius 1 is 1.17 bits per heavy atom. The van der Waals surface area contributed by atoms with Crippen LogP contribution in [0.15, 0.2) is 24.3 Å². The molecule has 2 heterocycles. The predicted octanol–water partition coefficient (Wildman–Crippen LogP) is 4.07. The molecule has 1 fully saturated rings. The van der Waals surface area contributed by atoms with E-state index in [0.29, 0.717) is 19.0 Å². The van der Waals surface area contributed by atoms with Crippen LogP contribution >= 0.6 is 0 Å². The standard InChI is InChI=1S/C24H36N4O2/c1-3-11-23(29)25-16-9-4-5-15-22-26-20-13-6-7-14-21(20)28(22)18-24(30)27-17-10-8-12-19(27)2/h6-7,13-14,19H,3-5,8-12,15-18H2,1-2H3,(H,25,29). The number of nitrogens with zero attached hydrogens (tertiary/aromatic N) is 3. The lowest BCUT2D eigenvalue weighted by molar-refractivity contribution is -0.135. The average Bonchev–Trinajstić information content (AvgIpc) is 3.08. The van der Waals surface area contributed by atoms with Crippen LogP contribution in [0.1, 0.15) is 71.0 Å². The number of benzene rings is 1. The van der Waals surface area contributed by atoms with Crippen molar-refractivity contribution in [3.05, 3.63) is 30.1 Å². The Bertz CT molecular complexity index is 845. The molecule has 3 rings (SSSR count). The first-order chi connectivity index (χ1) is 14.6. The van der Waals surface area contributed by atoms with Crippen molar-refractivity contribution in [3.8, 4) is 0 Å². The van der Waals surface area contributed by atoms with Gasteiger partial charge in [-0.15, -0.1) is 0 Å². The van der Waals surface area contributed by atoms with Gasteiger partial charge in [-0.2, -0.15) is 0 Å². The molecule has 2 amide bonds. The van der Waals surface area contributed by atoms with Gasteiger partial charge in [0.05, 0.1) is 11.0 Å². The smallest absolute Gasteiger partial charge is 0.242 e. The van der Waals surface area contributed by atoms with Crippen molar-refractivity contribution in [2.24, 2.45) is 0 Å². The number of unbranched alkanes of at least 4 members (excludes halogenated alkanes) is 2. The van der Waals surface area contributed by atoms with Gasteiger partial charge in [0.2, 0.25) is 11.8 Å². The van der Waals surface area contributed by atoms with Crippen molar-refractivity contribution < 1.29 is 9.59 Å². The number of carbonyl (C=O) groups excluding carboxylic acids is 2. The number of carbonyl (C=O) groups is 2. The van der Waals surface area contributed by atoms with Gasteiger partial charge in [-0.25, -0.2) is 4.98 Å². The van der Waals surface area contributed by atoms with E-state index in [9.17, 15) is 9.59 Å². The van der Waals surface area contributed by atoms with Crippen LogP contribution in [0.5, 0.6) is 0 Å². The fourth-order valence-electron chi connectivity index (χ4n) is 4.32. The van der Waals surface area contributed by atoms with Crippen LogP contribution in [0.25, 0.3) is 11.0 Å². The number of nitrogens with one attached hydrogen (secondary N) is 1. The summed E-state index contributed by atoms with van der Waals surface area (Å²) in [5.74, 6) is 1.33. The van der Waals surface area contributed by atoms with Gasteiger partial charge in [-0.3, -0.25) is 9.59 Å². The summed E-state index contributed by atoms with van der Waals surface area (Å²) in [7, 11) is 0. The van der Waals surface area contributed by atoms with Crippen LogP contribution in [-0.2, 0) is 22.6 Å². The summed E-state index contributed by atoms with van der Waals surface area (Å²) in [4.78, 5) is 31.4. The van der Waals surface area contributed by atoms with Gasteiger partial charge < -0.3 is 14.8 Å². The van der Waals surface area contributed by atoms with Gasteiger partial charge in [-0.05, 0) is 57.6 Å². The molecule has 2 aromatic rings. The fourth-order valence-corrected chi connectivity index (χ4v) is 4.32. The van der Waals surface area contributed by atoms with E-state index >= 15 is 0 Å². The van der Waals surface area contributed by atoms with Crippen molar-refractivity contribution in [1.82, 2.24) is 19.8 Å². The molecular formula is C24H36N4O2. The third-order valence-corrected chi connectivity index (χ3v) is 6.03. The molecule has 1 atom stereocenters. The van der Waals surface area contributed by atoms with Gasteiger partial charge in [0.15, 0.2) is 0 Å². The molecule has 30 heavy (non-hydrogen) atoms. The lowest BCUT2D eigenvalue weighted by atomic mass is 10.0. The number of imidazole rings is 1. The minimum Gasteiger partial charge on any atom is -0.356 e. The van der Waals surface area contributed by atoms with E-state index in [0.717, 1.165) is 74.9 Å². The van der Waals surface area contributed by atoms with Crippen LogP contribution in [0.4, 0.5) is 0 Å². The number of amides is 2. The monoisotopic (exact) mass is 412 g/mol. The summed E-state index contributed by atoms with van der Waals surface area (Å²) in [6.45, 7) is 6.14. The highest BCUT2D eigenvalue weighted by Gasteiger charge is 2.24. The molecule has 6 heteroatoms. The molecule has 1 aromatic heterocycles. The maximum Gasteiger partial charge on any atom is 0.242 e. The van der Waals surface area contributed by atoms with Crippen LogP contribution in [0.3, 0.4) is 0 Å². The van der Waals surface area contributed by atoms with Gasteiger partial charge in [0, 0.05) is 32.0 Å². The zero-order chi connectivity index (χ0) is 21.3. The minimum atomic E-state index is 0.143. The van der Waals surface area contributed by atoms with Crippen molar-refractivity contribution in [3.63, 3.8) is 0 Å². The van der Waals surface area contributed by atoms with E-state index in [2.05, 4.69) is 22.9 Å². The molecular weight excluding hydrogens is 376 g/mol. The van der Waals surface area contributed by atoms with Crippen molar-refractivity contribution in [2.45, 2.75) is 84.2 Å². The Hall–Kier alpha value is -2.37. The molecule has 1 aromatic carbocycles. The van der Waals surface area contributed by atoms with Crippen LogP contribution in [-0.4, -0.2) is 45.4 Å². The molecule has 1 aliphatic heterocycles. The van der Waals surface area contributed by atoms with Gasteiger partial charge in [0.25, 0.3) is 0 Å². The maximum atomic E-state index is 13.0. The number of rotatable bonds is 10. The molecule has 0 bridgehead atoms. The van der Waals surface area contributed by atoms with E-state index in [4.69, 9.17) is 4.98 Å². The Labute approximate surface area is 180 Å². The third-order valence-electron chi connectivity index (χ3n) is 6.03. The van der Waals surface area contributed by atoms with Crippen LogP contribution in [0.2, 0.25) is 0 Å². The summed E-state index contributed by atoms with van der Waals surface area (Å²) in [6.07, 6.45) is 8.75. The minimum absolute atomic E-state index is 0.143. The quantitative estimate of drug-likeness (QED) is 0.598. The molecule has 1 unspecified atom stereocenters. The number of piperidine rings is 1. The Morgan fingerprint density at radius 2 is 2.00 bits per heavy atom. The SMILES string of the molecule is CCCC(=O)NCCCCCc1nc2ccccc2n1CC(=O)N1CCCCC1C. The van der Waals surface area contributed by atoms with E-state index in [1.807, 2.05) is 30.0 Å². The van der Waals surface area contributed by atoms with E-state index in [-0.39, 0.29) is 11.8 Å². The number of hydrogen-bond donors (Lipinski definition) is 1. The third kappa shape index (κ3) is 5.83. The Morgan fingerprint density at radius 3 is 2.80 bits per heavy atom. The fraction of sp³-hybridized carbons (Fsp3) is 0.625. The summed E-state index contributed by atoms with van der Waals surface area (Å²) in [5.41, 5.74) is 2.00. The zero-order valence-electron chi connectivity index (χ0n) is 18.5. The predicted molar refractivity (Wildman–Crippen MR) is 120 cm³/mol. The Balaban J connectivity index is 1.59. The molecule has 1 N–H and O–H groups in total. The maximum absolute atomic E-state index is 13.0. The highest BCUT2D eigenvalue weighted by molar-refractivity contribution is 5.81. The van der Waals surface area contributed by atoms with Crippen molar-refractivity contribution in [2.75, 3.05) is 13.1 Å². The van der Waals surface area contributed by atoms with E-state index < -0.39 is 0 Å². The zero-order valence-corrected chi connectivity index (χ0v) is 18.5. The van der Waals surface area contributed by atoms with E-state index in [1.165, 1.54) is 6.42 Å². The first-order valence-electron chi connectivity index (χ1n) is 11.6. The van der Waals surface area contributed by atoms with Crippen LogP contribution in [0, 0.1) is 0 Å². The highest BCUT2D eigenvalue weighted by atomic mass is 16.2. The van der Waals surface area contributed by atoms with Crippen molar-refractivity contribution >= 4 is 22.8 Å². The number of aromatic nitrogens is 2. The normalized spacial score (nSPS) is 16.7. The second-order valence-electron chi connectivity index (χ2n) is 8.45. The summed E-state index contributed by atoms with van der Waals surface area (Å²) < 4.78 is 2.11. The van der Waals surface area contributed by atoms with Crippen LogP contribution < -0.4 is 5.32 Å². The first-order valence-corrected chi connectivity index (χ1v) is 11.6. The van der Waals surface area contributed by atoms with Gasteiger partial charge in [-0.1, -0.05) is 25.5 Å². The number of likely N-dealkylation sites (tertiary alicyclic amines) is 1. The molecule has 6 nitrogen and oxygen atoms in total.